The van der Waals surface area contributed by atoms with Crippen LogP contribution in [-0.2, 0) is 0 Å². The monoisotopic (exact) mass is 274 g/mol. The van der Waals surface area contributed by atoms with Crippen molar-refractivity contribution < 1.29 is 4.74 Å². The summed E-state index contributed by atoms with van der Waals surface area (Å²) in [6.45, 7) is 0. The molecule has 0 radical (unpaired) electrons. The van der Waals surface area contributed by atoms with E-state index in [1.807, 2.05) is 23.7 Å². The Bertz CT molecular complexity index is 504. The Morgan fingerprint density at radius 1 is 1.16 bits per heavy atom. The van der Waals surface area contributed by atoms with Crippen LogP contribution in [0.4, 0.5) is 0 Å². The van der Waals surface area contributed by atoms with Crippen LogP contribution in [-0.4, -0.2) is 16.1 Å². The molecule has 0 N–H and O–H groups in total. The van der Waals surface area contributed by atoms with Gasteiger partial charge in [-0.2, -0.15) is 0 Å². The van der Waals surface area contributed by atoms with E-state index in [2.05, 4.69) is 9.97 Å². The van der Waals surface area contributed by atoms with E-state index in [1.165, 1.54) is 38.5 Å². The molecule has 0 bridgehead atoms. The highest BCUT2D eigenvalue weighted by Gasteiger charge is 2.15. The fourth-order valence-electron chi connectivity index (χ4n) is 2.47. The lowest BCUT2D eigenvalue weighted by Gasteiger charge is -2.14. The summed E-state index contributed by atoms with van der Waals surface area (Å²) in [5.41, 5.74) is 1.06. The van der Waals surface area contributed by atoms with Crippen LogP contribution < -0.4 is 4.74 Å². The Kier molecular flexibility index (Phi) is 4.08. The zero-order chi connectivity index (χ0) is 12.9. The van der Waals surface area contributed by atoms with Crippen molar-refractivity contribution in [2.24, 2.45) is 0 Å². The van der Waals surface area contributed by atoms with E-state index in [4.69, 9.17) is 4.74 Å². The maximum absolute atomic E-state index is 6.02. The van der Waals surface area contributed by atoms with Gasteiger partial charge in [0.25, 0.3) is 0 Å². The van der Waals surface area contributed by atoms with E-state index in [1.54, 1.807) is 17.5 Å². The number of hydrogen-bond acceptors (Lipinski definition) is 4. The Morgan fingerprint density at radius 2 is 2.00 bits per heavy atom. The lowest BCUT2D eigenvalue weighted by molar-refractivity contribution is 0.177. The van der Waals surface area contributed by atoms with E-state index in [-0.39, 0.29) is 0 Å². The SMILES string of the molecule is c1cncc(-c2nc(OC3CCCCCC3)cs2)c1. The first-order chi connectivity index (χ1) is 9.42. The van der Waals surface area contributed by atoms with Crippen molar-refractivity contribution in [3.05, 3.63) is 29.9 Å². The molecule has 0 unspecified atom stereocenters. The quantitative estimate of drug-likeness (QED) is 0.782. The van der Waals surface area contributed by atoms with E-state index in [0.29, 0.717) is 6.10 Å². The highest BCUT2D eigenvalue weighted by atomic mass is 32.1. The number of thiazole rings is 1. The first-order valence-corrected chi connectivity index (χ1v) is 7.82. The topological polar surface area (TPSA) is 35.0 Å². The summed E-state index contributed by atoms with van der Waals surface area (Å²) in [5, 5.41) is 2.99. The van der Waals surface area contributed by atoms with Gasteiger partial charge in [-0.05, 0) is 37.8 Å². The van der Waals surface area contributed by atoms with E-state index >= 15 is 0 Å². The van der Waals surface area contributed by atoms with Crippen LogP contribution in [0, 0.1) is 0 Å². The highest BCUT2D eigenvalue weighted by Crippen LogP contribution is 2.28. The van der Waals surface area contributed by atoms with E-state index in [0.717, 1.165) is 16.5 Å². The number of ether oxygens (including phenoxy) is 1. The lowest BCUT2D eigenvalue weighted by Crippen LogP contribution is -2.15. The number of pyridine rings is 1. The van der Waals surface area contributed by atoms with Crippen LogP contribution in [0.2, 0.25) is 0 Å². The van der Waals surface area contributed by atoms with Gasteiger partial charge in [-0.15, -0.1) is 11.3 Å². The molecule has 2 aromatic rings. The van der Waals surface area contributed by atoms with Gasteiger partial charge in [0.1, 0.15) is 11.1 Å². The van der Waals surface area contributed by atoms with Crippen molar-refractivity contribution in [1.29, 1.82) is 0 Å². The minimum atomic E-state index is 0.353. The molecule has 2 aromatic heterocycles. The second-order valence-electron chi connectivity index (χ2n) is 4.96. The van der Waals surface area contributed by atoms with Gasteiger partial charge in [-0.25, -0.2) is 4.98 Å². The molecule has 19 heavy (non-hydrogen) atoms. The third kappa shape index (κ3) is 3.32. The average molecular weight is 274 g/mol. The molecule has 3 rings (SSSR count). The molecule has 1 aliphatic carbocycles. The Labute approximate surface area is 117 Å². The third-order valence-electron chi connectivity index (χ3n) is 3.48. The third-order valence-corrected chi connectivity index (χ3v) is 4.35. The predicted octanol–water partition coefficient (Wildman–Crippen LogP) is 4.31. The summed E-state index contributed by atoms with van der Waals surface area (Å²) in [4.78, 5) is 8.69. The van der Waals surface area contributed by atoms with Gasteiger partial charge in [0.2, 0.25) is 5.88 Å². The number of nitrogens with zero attached hydrogens (tertiary/aromatic N) is 2. The average Bonchev–Trinajstić information content (AvgIpc) is 2.76. The summed E-state index contributed by atoms with van der Waals surface area (Å²) in [7, 11) is 0. The molecule has 1 fully saturated rings. The van der Waals surface area contributed by atoms with Crippen molar-refractivity contribution in [1.82, 2.24) is 9.97 Å². The van der Waals surface area contributed by atoms with Crippen LogP contribution in [0.15, 0.2) is 29.9 Å². The first-order valence-electron chi connectivity index (χ1n) is 6.94. The Morgan fingerprint density at radius 3 is 2.74 bits per heavy atom. The maximum Gasteiger partial charge on any atom is 0.225 e. The van der Waals surface area contributed by atoms with Crippen LogP contribution in [0.1, 0.15) is 38.5 Å². The molecule has 0 aromatic carbocycles. The lowest BCUT2D eigenvalue weighted by atomic mass is 10.1. The number of rotatable bonds is 3. The Hall–Kier alpha value is -1.42. The Balaban J connectivity index is 1.68. The molecule has 4 heteroatoms. The van der Waals surface area contributed by atoms with Crippen LogP contribution in [0.5, 0.6) is 5.88 Å². The smallest absolute Gasteiger partial charge is 0.225 e. The zero-order valence-electron chi connectivity index (χ0n) is 10.9. The van der Waals surface area contributed by atoms with Gasteiger partial charge in [-0.3, -0.25) is 4.98 Å². The normalized spacial score (nSPS) is 17.1. The summed E-state index contributed by atoms with van der Waals surface area (Å²) in [6, 6.07) is 3.96. The second-order valence-corrected chi connectivity index (χ2v) is 5.82. The van der Waals surface area contributed by atoms with Crippen LogP contribution >= 0.6 is 11.3 Å². The largest absolute Gasteiger partial charge is 0.474 e. The van der Waals surface area contributed by atoms with Gasteiger partial charge < -0.3 is 4.74 Å². The second kappa shape index (κ2) is 6.15. The molecule has 0 aliphatic heterocycles. The van der Waals surface area contributed by atoms with Crippen LogP contribution in [0.25, 0.3) is 10.6 Å². The molecule has 0 atom stereocenters. The van der Waals surface area contributed by atoms with Crippen LogP contribution in [0.3, 0.4) is 0 Å². The maximum atomic E-state index is 6.02. The number of hydrogen-bond donors (Lipinski definition) is 0. The molecule has 1 saturated carbocycles. The first kappa shape index (κ1) is 12.6. The minimum Gasteiger partial charge on any atom is -0.474 e. The number of aromatic nitrogens is 2. The van der Waals surface area contributed by atoms with Crippen molar-refractivity contribution in [2.45, 2.75) is 44.6 Å². The van der Waals surface area contributed by atoms with Crippen molar-refractivity contribution in [3.8, 4) is 16.5 Å². The molecular weight excluding hydrogens is 256 g/mol. The van der Waals surface area contributed by atoms with Gasteiger partial charge >= 0.3 is 0 Å². The van der Waals surface area contributed by atoms with Gasteiger partial charge in [-0.1, -0.05) is 12.8 Å². The van der Waals surface area contributed by atoms with E-state index < -0.39 is 0 Å². The fraction of sp³-hybridized carbons (Fsp3) is 0.467. The summed E-state index contributed by atoms with van der Waals surface area (Å²) >= 11 is 1.62. The summed E-state index contributed by atoms with van der Waals surface area (Å²) in [5.74, 6) is 0.774. The highest BCUT2D eigenvalue weighted by molar-refractivity contribution is 7.13. The molecule has 0 amide bonds. The van der Waals surface area contributed by atoms with Gasteiger partial charge in [0.15, 0.2) is 0 Å². The van der Waals surface area contributed by atoms with Crippen molar-refractivity contribution >= 4 is 11.3 Å². The zero-order valence-corrected chi connectivity index (χ0v) is 11.7. The molecule has 0 spiro atoms. The molecule has 3 nitrogen and oxygen atoms in total. The predicted molar refractivity (Wildman–Crippen MR) is 77.5 cm³/mol. The molecule has 0 saturated heterocycles. The summed E-state index contributed by atoms with van der Waals surface area (Å²) < 4.78 is 6.02. The molecule has 2 heterocycles. The standard InChI is InChI=1S/C15H18N2OS/c1-2-4-8-13(7-3-1)18-14-11-19-15(17-14)12-6-5-9-16-10-12/h5-6,9-11,13H,1-4,7-8H2. The molecule has 100 valence electrons. The van der Waals surface area contributed by atoms with E-state index in [9.17, 15) is 0 Å². The molecule has 1 aliphatic rings. The van der Waals surface area contributed by atoms with Crippen molar-refractivity contribution in [3.63, 3.8) is 0 Å². The minimum absolute atomic E-state index is 0.353. The molecular formula is C15H18N2OS. The fourth-order valence-corrected chi connectivity index (χ4v) is 3.19. The van der Waals surface area contributed by atoms with Gasteiger partial charge in [0, 0.05) is 18.0 Å². The van der Waals surface area contributed by atoms with Crippen molar-refractivity contribution in [2.75, 3.05) is 0 Å². The summed E-state index contributed by atoms with van der Waals surface area (Å²) in [6.07, 6.45) is 11.6. The van der Waals surface area contributed by atoms with Gasteiger partial charge in [0.05, 0.1) is 5.38 Å².